The molecule has 0 radical (unpaired) electrons. The first-order chi connectivity index (χ1) is 11.7. The highest BCUT2D eigenvalue weighted by Crippen LogP contribution is 2.22. The molecule has 1 heterocycles. The van der Waals surface area contributed by atoms with Crippen LogP contribution >= 0.6 is 0 Å². The van der Waals surface area contributed by atoms with Crippen molar-refractivity contribution in [2.75, 3.05) is 12.4 Å². The molecule has 0 saturated heterocycles. The second-order valence-corrected chi connectivity index (χ2v) is 5.08. The average Bonchev–Trinajstić information content (AvgIpc) is 3.11. The second-order valence-electron chi connectivity index (χ2n) is 5.08. The van der Waals surface area contributed by atoms with Crippen LogP contribution in [-0.2, 0) is 0 Å². The highest BCUT2D eigenvalue weighted by atomic mass is 16.5. The third kappa shape index (κ3) is 3.35. The number of benzene rings is 2. The molecule has 0 atom stereocenters. The molecular weight excluding hydrogens is 306 g/mol. The standard InChI is InChI=1S/C19H15NO4/c1-23-16-8-6-15(7-9-16)20-19(22)14-4-2-13(3-5-14)18-11-10-17(12-21)24-18/h2-12H,1H3,(H,20,22). The number of carbonyl (C=O) groups is 2. The second kappa shape index (κ2) is 6.83. The summed E-state index contributed by atoms with van der Waals surface area (Å²) >= 11 is 0. The van der Waals surface area contributed by atoms with Gasteiger partial charge in [0.25, 0.3) is 5.91 Å². The molecule has 24 heavy (non-hydrogen) atoms. The van der Waals surface area contributed by atoms with Crippen molar-refractivity contribution in [1.82, 2.24) is 0 Å². The van der Waals surface area contributed by atoms with E-state index in [0.717, 1.165) is 11.3 Å². The maximum Gasteiger partial charge on any atom is 0.255 e. The van der Waals surface area contributed by atoms with Gasteiger partial charge >= 0.3 is 0 Å². The Morgan fingerprint density at radius 3 is 2.29 bits per heavy atom. The van der Waals surface area contributed by atoms with Crippen molar-refractivity contribution in [2.24, 2.45) is 0 Å². The summed E-state index contributed by atoms with van der Waals surface area (Å²) in [7, 11) is 1.59. The van der Waals surface area contributed by atoms with E-state index in [1.165, 1.54) is 0 Å². The Balaban J connectivity index is 1.72. The summed E-state index contributed by atoms with van der Waals surface area (Å²) in [6, 6.07) is 17.4. The van der Waals surface area contributed by atoms with Crippen LogP contribution in [0.4, 0.5) is 5.69 Å². The number of anilines is 1. The fraction of sp³-hybridized carbons (Fsp3) is 0.0526. The van der Waals surface area contributed by atoms with Gasteiger partial charge in [0.15, 0.2) is 12.0 Å². The van der Waals surface area contributed by atoms with Crippen molar-refractivity contribution >= 4 is 17.9 Å². The first kappa shape index (κ1) is 15.6. The molecular formula is C19H15NO4. The highest BCUT2D eigenvalue weighted by molar-refractivity contribution is 6.04. The van der Waals surface area contributed by atoms with Crippen LogP contribution in [0, 0.1) is 0 Å². The number of rotatable bonds is 5. The van der Waals surface area contributed by atoms with Crippen LogP contribution in [-0.4, -0.2) is 19.3 Å². The first-order valence-corrected chi connectivity index (χ1v) is 7.30. The van der Waals surface area contributed by atoms with Crippen molar-refractivity contribution < 1.29 is 18.7 Å². The molecule has 0 aliphatic heterocycles. The van der Waals surface area contributed by atoms with E-state index >= 15 is 0 Å². The largest absolute Gasteiger partial charge is 0.497 e. The Kier molecular flexibility index (Phi) is 4.43. The van der Waals surface area contributed by atoms with Gasteiger partial charge in [0.1, 0.15) is 11.5 Å². The van der Waals surface area contributed by atoms with Gasteiger partial charge in [0, 0.05) is 16.8 Å². The zero-order chi connectivity index (χ0) is 16.9. The Morgan fingerprint density at radius 2 is 1.71 bits per heavy atom. The number of ether oxygens (including phenoxy) is 1. The minimum atomic E-state index is -0.209. The molecule has 0 bridgehead atoms. The van der Waals surface area contributed by atoms with Crippen molar-refractivity contribution in [3.8, 4) is 17.1 Å². The third-order valence-corrected chi connectivity index (χ3v) is 3.52. The molecule has 1 N–H and O–H groups in total. The maximum atomic E-state index is 12.3. The van der Waals surface area contributed by atoms with Gasteiger partial charge in [0.2, 0.25) is 0 Å². The molecule has 0 fully saturated rings. The Morgan fingerprint density at radius 1 is 1.00 bits per heavy atom. The summed E-state index contributed by atoms with van der Waals surface area (Å²) in [5.74, 6) is 1.37. The van der Waals surface area contributed by atoms with Gasteiger partial charge in [-0.3, -0.25) is 9.59 Å². The zero-order valence-electron chi connectivity index (χ0n) is 13.0. The number of nitrogens with one attached hydrogen (secondary N) is 1. The van der Waals surface area contributed by atoms with Gasteiger partial charge in [-0.05, 0) is 48.5 Å². The summed E-state index contributed by atoms with van der Waals surface area (Å²) in [4.78, 5) is 22.9. The summed E-state index contributed by atoms with van der Waals surface area (Å²) in [5.41, 5.74) is 2.01. The lowest BCUT2D eigenvalue weighted by atomic mass is 10.1. The summed E-state index contributed by atoms with van der Waals surface area (Å²) in [5, 5.41) is 2.82. The molecule has 120 valence electrons. The van der Waals surface area contributed by atoms with Gasteiger partial charge in [-0.15, -0.1) is 0 Å². The molecule has 3 aromatic rings. The first-order valence-electron chi connectivity index (χ1n) is 7.30. The van der Waals surface area contributed by atoms with Crippen molar-refractivity contribution in [1.29, 1.82) is 0 Å². The molecule has 3 rings (SSSR count). The Bertz CT molecular complexity index is 848. The van der Waals surface area contributed by atoms with E-state index in [2.05, 4.69) is 5.32 Å². The van der Waals surface area contributed by atoms with Gasteiger partial charge < -0.3 is 14.5 Å². The van der Waals surface area contributed by atoms with Crippen molar-refractivity contribution in [3.05, 3.63) is 72.0 Å². The zero-order valence-corrected chi connectivity index (χ0v) is 13.0. The summed E-state index contributed by atoms with van der Waals surface area (Å²) in [6.07, 6.45) is 0.653. The summed E-state index contributed by atoms with van der Waals surface area (Å²) in [6.45, 7) is 0. The normalized spacial score (nSPS) is 10.2. The van der Waals surface area contributed by atoms with Crippen LogP contribution in [0.2, 0.25) is 0 Å². The average molecular weight is 321 g/mol. The Hall–Kier alpha value is -3.34. The van der Waals surface area contributed by atoms with E-state index < -0.39 is 0 Å². The minimum absolute atomic E-state index is 0.209. The van der Waals surface area contributed by atoms with E-state index in [1.54, 1.807) is 67.8 Å². The van der Waals surface area contributed by atoms with Crippen molar-refractivity contribution in [2.45, 2.75) is 0 Å². The van der Waals surface area contributed by atoms with Gasteiger partial charge in [-0.2, -0.15) is 0 Å². The minimum Gasteiger partial charge on any atom is -0.497 e. The van der Waals surface area contributed by atoms with Crippen LogP contribution < -0.4 is 10.1 Å². The number of aldehydes is 1. The summed E-state index contributed by atoms with van der Waals surface area (Å²) < 4.78 is 10.4. The quantitative estimate of drug-likeness (QED) is 0.721. The molecule has 0 aliphatic carbocycles. The van der Waals surface area contributed by atoms with Gasteiger partial charge in [0.05, 0.1) is 7.11 Å². The van der Waals surface area contributed by atoms with Crippen molar-refractivity contribution in [3.63, 3.8) is 0 Å². The lowest BCUT2D eigenvalue weighted by molar-refractivity contribution is 0.102. The molecule has 1 amide bonds. The van der Waals surface area contributed by atoms with E-state index in [0.29, 0.717) is 23.3 Å². The molecule has 5 nitrogen and oxygen atoms in total. The molecule has 0 unspecified atom stereocenters. The molecule has 0 saturated carbocycles. The van der Waals surface area contributed by atoms with Crippen LogP contribution in [0.1, 0.15) is 20.9 Å². The molecule has 0 aliphatic rings. The fourth-order valence-corrected chi connectivity index (χ4v) is 2.23. The lowest BCUT2D eigenvalue weighted by Gasteiger charge is -2.07. The molecule has 1 aromatic heterocycles. The number of amides is 1. The van der Waals surface area contributed by atoms with Crippen LogP contribution in [0.25, 0.3) is 11.3 Å². The van der Waals surface area contributed by atoms with Gasteiger partial charge in [-0.25, -0.2) is 0 Å². The monoisotopic (exact) mass is 321 g/mol. The lowest BCUT2D eigenvalue weighted by Crippen LogP contribution is -2.11. The van der Waals surface area contributed by atoms with Crippen LogP contribution in [0.5, 0.6) is 5.75 Å². The van der Waals surface area contributed by atoms with E-state index in [-0.39, 0.29) is 11.7 Å². The van der Waals surface area contributed by atoms with E-state index in [4.69, 9.17) is 9.15 Å². The predicted molar refractivity (Wildman–Crippen MR) is 90.5 cm³/mol. The number of furan rings is 1. The highest BCUT2D eigenvalue weighted by Gasteiger charge is 2.08. The topological polar surface area (TPSA) is 68.5 Å². The SMILES string of the molecule is COc1ccc(NC(=O)c2ccc(-c3ccc(C=O)o3)cc2)cc1. The third-order valence-electron chi connectivity index (χ3n) is 3.52. The molecule has 0 spiro atoms. The van der Waals surface area contributed by atoms with Crippen LogP contribution in [0.15, 0.2) is 65.1 Å². The van der Waals surface area contributed by atoms with Gasteiger partial charge in [-0.1, -0.05) is 12.1 Å². The van der Waals surface area contributed by atoms with E-state index in [9.17, 15) is 9.59 Å². The number of carbonyl (C=O) groups excluding carboxylic acids is 2. The predicted octanol–water partition coefficient (Wildman–Crippen LogP) is 4.02. The molecule has 5 heteroatoms. The number of hydrogen-bond donors (Lipinski definition) is 1. The Labute approximate surface area is 138 Å². The maximum absolute atomic E-state index is 12.3. The smallest absolute Gasteiger partial charge is 0.255 e. The fourth-order valence-electron chi connectivity index (χ4n) is 2.23. The molecule has 2 aromatic carbocycles. The number of methoxy groups -OCH3 is 1. The number of hydrogen-bond acceptors (Lipinski definition) is 4. The van der Waals surface area contributed by atoms with E-state index in [1.807, 2.05) is 0 Å². The van der Waals surface area contributed by atoms with Crippen LogP contribution in [0.3, 0.4) is 0 Å².